The third-order valence-corrected chi connectivity index (χ3v) is 15.4. The molecule has 12 rings (SSSR count). The summed E-state index contributed by atoms with van der Waals surface area (Å²) < 4.78 is 9.26. The minimum absolute atomic E-state index is 0. The van der Waals surface area contributed by atoms with Crippen LogP contribution in [0.4, 0.5) is 22.7 Å². The molecule has 0 saturated carbocycles. The van der Waals surface area contributed by atoms with E-state index < -0.39 is 0 Å². The molecule has 9 aromatic carbocycles. The van der Waals surface area contributed by atoms with Gasteiger partial charge in [0.15, 0.2) is 0 Å². The maximum Gasteiger partial charge on any atom is 0.135 e. The normalized spacial score (nSPS) is 12.7. The molecule has 0 unspecified atom stereocenters. The summed E-state index contributed by atoms with van der Waals surface area (Å²) in [5, 5.41) is 2.24. The zero-order chi connectivity index (χ0) is 54.1. The van der Waals surface area contributed by atoms with Crippen molar-refractivity contribution in [2.24, 2.45) is 0 Å². The van der Waals surface area contributed by atoms with Gasteiger partial charge in [-0.05, 0) is 103 Å². The van der Waals surface area contributed by atoms with E-state index in [0.29, 0.717) is 11.5 Å². The molecule has 1 aliphatic rings. The van der Waals surface area contributed by atoms with Crippen LogP contribution in [-0.2, 0) is 37.3 Å². The van der Waals surface area contributed by atoms with E-state index in [-0.39, 0.29) is 37.3 Å². The summed E-state index contributed by atoms with van der Waals surface area (Å²) in [7, 11) is 0. The van der Waals surface area contributed by atoms with Gasteiger partial charge in [0.25, 0.3) is 0 Å². The molecule has 6 heteroatoms. The molecule has 79 heavy (non-hydrogen) atoms. The van der Waals surface area contributed by atoms with Gasteiger partial charge in [0, 0.05) is 78.0 Å². The van der Waals surface area contributed by atoms with Crippen molar-refractivity contribution in [3.8, 4) is 61.8 Å². The number of fused-ring (bicyclic) bond motifs is 4. The van der Waals surface area contributed by atoms with E-state index >= 15 is 0 Å². The fourth-order valence-corrected chi connectivity index (χ4v) is 10.9. The maximum absolute atomic E-state index is 7.02. The van der Waals surface area contributed by atoms with Gasteiger partial charge in [0.05, 0.1) is 0 Å². The smallest absolute Gasteiger partial charge is 0.135 e. The Bertz CT molecular complexity index is 4040. The fraction of sp³-hybridized carbons (Fsp3) is 0.178. The molecule has 5 nitrogen and oxygen atoms in total. The number of nitrogens with zero attached hydrogens (tertiary/aromatic N) is 4. The zero-order valence-electron chi connectivity index (χ0n) is 46.7. The molecule has 396 valence electrons. The number of benzene rings is 9. The molecule has 0 saturated heterocycles. The number of aromatic nitrogens is 2. The van der Waals surface area contributed by atoms with Crippen molar-refractivity contribution in [2.75, 3.05) is 9.80 Å². The van der Waals surface area contributed by atoms with Crippen LogP contribution in [0.1, 0.15) is 84.6 Å². The van der Waals surface area contributed by atoms with E-state index in [1.165, 1.54) is 22.3 Å². The van der Waals surface area contributed by atoms with Crippen molar-refractivity contribution in [3.63, 3.8) is 0 Å². The first kappa shape index (κ1) is 53.0. The molecule has 0 amide bonds. The molecule has 11 aromatic rings. The summed E-state index contributed by atoms with van der Waals surface area (Å²) in [6, 6.07) is 79.7. The molecule has 2 aromatic heterocycles. The number of anilines is 4. The van der Waals surface area contributed by atoms with Crippen LogP contribution < -0.4 is 14.5 Å². The fourth-order valence-electron chi connectivity index (χ4n) is 10.9. The molecule has 0 aliphatic carbocycles. The number of hydrogen-bond donors (Lipinski definition) is 0. The first-order valence-corrected chi connectivity index (χ1v) is 27.2. The van der Waals surface area contributed by atoms with Gasteiger partial charge in [-0.3, -0.25) is 0 Å². The molecule has 0 radical (unpaired) electrons. The molecule has 0 bridgehead atoms. The second kappa shape index (κ2) is 20.7. The number of para-hydroxylation sites is 3. The average Bonchev–Trinajstić information content (AvgIpc) is 4.16. The molecule has 1 aliphatic heterocycles. The molecule has 0 atom stereocenters. The number of pyridine rings is 1. The van der Waals surface area contributed by atoms with Crippen LogP contribution in [0.3, 0.4) is 0 Å². The van der Waals surface area contributed by atoms with Crippen molar-refractivity contribution >= 4 is 44.6 Å². The zero-order valence-corrected chi connectivity index (χ0v) is 49.0. The number of rotatable bonds is 9. The Kier molecular flexibility index (Phi) is 13.9. The Labute approximate surface area is 481 Å². The first-order chi connectivity index (χ1) is 37.5. The third kappa shape index (κ3) is 10.2. The van der Waals surface area contributed by atoms with Crippen LogP contribution in [0.5, 0.6) is 11.5 Å². The minimum Gasteiger partial charge on any atom is -0.509 e. The van der Waals surface area contributed by atoms with Crippen LogP contribution in [0.25, 0.3) is 72.1 Å². The van der Waals surface area contributed by atoms with Gasteiger partial charge in [-0.2, -0.15) is 6.07 Å². The Morgan fingerprint density at radius 1 is 0.443 bits per heavy atom. The Morgan fingerprint density at radius 2 is 1.03 bits per heavy atom. The monoisotopic (exact) mass is 1210 g/mol. The van der Waals surface area contributed by atoms with Gasteiger partial charge >= 0.3 is 0 Å². The molecule has 0 spiro atoms. The van der Waals surface area contributed by atoms with E-state index in [0.717, 1.165) is 94.9 Å². The Morgan fingerprint density at radius 3 is 1.70 bits per heavy atom. The van der Waals surface area contributed by atoms with Crippen LogP contribution >= 0.6 is 0 Å². The quantitative estimate of drug-likeness (QED) is 0.135. The summed E-state index contributed by atoms with van der Waals surface area (Å²) in [5.74, 6) is 2.03. The summed E-state index contributed by atoms with van der Waals surface area (Å²) in [6.45, 7) is 24.8. The topological polar surface area (TPSA) is 33.5 Å². The van der Waals surface area contributed by atoms with Crippen molar-refractivity contribution in [3.05, 3.63) is 247 Å². The van der Waals surface area contributed by atoms with Gasteiger partial charge < -0.3 is 19.1 Å². The predicted molar refractivity (Wildman–Crippen MR) is 327 cm³/mol. The number of hydrogen-bond acceptors (Lipinski definition) is 4. The van der Waals surface area contributed by atoms with E-state index in [4.69, 9.17) is 9.72 Å². The first-order valence-electron chi connectivity index (χ1n) is 27.2. The summed E-state index contributed by atoms with van der Waals surface area (Å²) in [5.41, 5.74) is 19.8. The number of aryl methyl sites for hydroxylation is 1. The summed E-state index contributed by atoms with van der Waals surface area (Å²) >= 11 is 0. The van der Waals surface area contributed by atoms with Crippen molar-refractivity contribution in [1.29, 1.82) is 0 Å². The Hall–Kier alpha value is -7.98. The van der Waals surface area contributed by atoms with Crippen LogP contribution in [-0.4, -0.2) is 9.55 Å². The van der Waals surface area contributed by atoms with Gasteiger partial charge in [-0.25, -0.2) is 4.98 Å². The second-order valence-corrected chi connectivity index (χ2v) is 23.9. The molecule has 0 N–H and O–H groups in total. The van der Waals surface area contributed by atoms with Gasteiger partial charge in [-0.1, -0.05) is 213 Å². The summed E-state index contributed by atoms with van der Waals surface area (Å²) in [6.07, 6.45) is 2.00. The van der Waals surface area contributed by atoms with Crippen LogP contribution in [0, 0.1) is 25.7 Å². The standard InChI is InChI=1S/C73H65N4O.Pt/c1-48-39-69(74-46-64(48)50-23-15-12-16-24-50)77-65-38-35-55(72(5,6)7)43-63(65)62-37-36-58(45-68(62)77)78-59-42-56(73(8,9)10)41-57(44-59)75-47-76(67-30-18-17-29-66(67)75)70-60(51-31-33-54(34-32-51)71(2,3)4)27-20-28-61(70)53-26-19-25-52(40-53)49-21-13-11-14-22-49;/h11-43,46-47H,1-10H3;/q-3;. The average molecular weight is 1210 g/mol. The van der Waals surface area contributed by atoms with E-state index in [1.807, 2.05) is 18.3 Å². The van der Waals surface area contributed by atoms with E-state index in [1.54, 1.807) is 0 Å². The molecule has 0 fully saturated rings. The molecule has 3 heterocycles. The molecular weight excluding hydrogens is 1140 g/mol. The van der Waals surface area contributed by atoms with Crippen LogP contribution in [0.2, 0.25) is 0 Å². The van der Waals surface area contributed by atoms with Gasteiger partial charge in [0.1, 0.15) is 5.82 Å². The van der Waals surface area contributed by atoms with E-state index in [2.05, 4.69) is 290 Å². The second-order valence-electron chi connectivity index (χ2n) is 23.9. The van der Waals surface area contributed by atoms with Crippen molar-refractivity contribution in [1.82, 2.24) is 9.55 Å². The third-order valence-electron chi connectivity index (χ3n) is 15.4. The SMILES string of the molecule is Cc1cc(-n2c3[c-]c(Oc4[c-]c(N5[CH-]N(c6c(-c7ccc(C(C)(C)C)cc7)cccc6-c6cccc(-c7ccccc7)c6)c6ccccc65)cc(C(C)(C)C)c4)ccc3c3cc(C(C)(C)C)ccc32)ncc1-c1ccccc1.[Pt]. The predicted octanol–water partition coefficient (Wildman–Crippen LogP) is 19.8. The minimum atomic E-state index is -0.218. The van der Waals surface area contributed by atoms with Crippen molar-refractivity contribution in [2.45, 2.75) is 85.5 Å². The van der Waals surface area contributed by atoms with Crippen LogP contribution in [0.15, 0.2) is 206 Å². The largest absolute Gasteiger partial charge is 0.509 e. The molecular formula is C73H65N4OPt-3. The van der Waals surface area contributed by atoms with Gasteiger partial charge in [0.2, 0.25) is 0 Å². The summed E-state index contributed by atoms with van der Waals surface area (Å²) in [4.78, 5) is 9.78. The van der Waals surface area contributed by atoms with Gasteiger partial charge in [-0.15, -0.1) is 53.6 Å². The van der Waals surface area contributed by atoms with Crippen molar-refractivity contribution < 1.29 is 25.8 Å². The number of ether oxygens (including phenoxy) is 1. The Balaban J connectivity index is 0.00000660. The maximum atomic E-state index is 7.02. The van der Waals surface area contributed by atoms with E-state index in [9.17, 15) is 0 Å².